The van der Waals surface area contributed by atoms with Crippen LogP contribution in [0.2, 0.25) is 0 Å². The van der Waals surface area contributed by atoms with Crippen molar-refractivity contribution in [2.24, 2.45) is 0 Å². The number of rotatable bonds is 11. The summed E-state index contributed by atoms with van der Waals surface area (Å²) in [5.41, 5.74) is 2.93. The van der Waals surface area contributed by atoms with Crippen molar-refractivity contribution in [3.8, 4) is 17.2 Å². The Kier molecular flexibility index (Phi) is 9.39. The summed E-state index contributed by atoms with van der Waals surface area (Å²) in [4.78, 5) is 43.3. The fraction of sp³-hybridized carbons (Fsp3) is 0.103. The molecule has 0 N–H and O–H groups in total. The second-order valence-corrected chi connectivity index (χ2v) is 10.6. The molecule has 0 radical (unpaired) electrons. The van der Waals surface area contributed by atoms with Gasteiger partial charge in [-0.15, -0.1) is 0 Å². The van der Waals surface area contributed by atoms with Crippen LogP contribution < -0.4 is 24.0 Å². The van der Waals surface area contributed by atoms with E-state index in [-0.39, 0.29) is 12.2 Å². The minimum atomic E-state index is -0.750. The Bertz CT molecular complexity index is 1850. The number of hydrogen-bond acceptors (Lipinski definition) is 6. The molecule has 234 valence electrons. The van der Waals surface area contributed by atoms with Gasteiger partial charge in [-0.25, -0.2) is 14.6 Å². The Morgan fingerprint density at radius 2 is 1.06 bits per heavy atom. The van der Waals surface area contributed by atoms with E-state index in [4.69, 9.17) is 14.2 Å². The molecule has 0 bridgehead atoms. The van der Waals surface area contributed by atoms with Gasteiger partial charge in [-0.1, -0.05) is 91.0 Å². The number of anilines is 2. The molecule has 1 aliphatic rings. The minimum absolute atomic E-state index is 0.174. The van der Waals surface area contributed by atoms with Crippen LogP contribution in [0.15, 0.2) is 139 Å². The number of imide groups is 2. The highest BCUT2D eigenvalue weighted by Gasteiger charge is 2.43. The monoisotopic (exact) mass is 624 g/mol. The lowest BCUT2D eigenvalue weighted by Crippen LogP contribution is -2.57. The van der Waals surface area contributed by atoms with Crippen LogP contribution in [0.5, 0.6) is 17.2 Å². The van der Waals surface area contributed by atoms with Crippen LogP contribution >= 0.6 is 0 Å². The van der Waals surface area contributed by atoms with Gasteiger partial charge in [0.25, 0.3) is 11.8 Å². The summed E-state index contributed by atoms with van der Waals surface area (Å²) >= 11 is 0. The largest absolute Gasteiger partial charge is 0.490 e. The number of benzene rings is 5. The van der Waals surface area contributed by atoms with E-state index in [0.717, 1.165) is 20.9 Å². The van der Waals surface area contributed by atoms with Gasteiger partial charge in [-0.3, -0.25) is 9.59 Å². The molecule has 0 unspecified atom stereocenters. The molecule has 0 aromatic heterocycles. The zero-order valence-electron chi connectivity index (χ0n) is 25.7. The second kappa shape index (κ2) is 14.3. The molecule has 6 rings (SSSR count). The van der Waals surface area contributed by atoms with Gasteiger partial charge in [-0.2, -0.15) is 0 Å². The van der Waals surface area contributed by atoms with Crippen molar-refractivity contribution in [1.29, 1.82) is 0 Å². The number of para-hydroxylation sites is 3. The van der Waals surface area contributed by atoms with E-state index in [9.17, 15) is 14.4 Å². The van der Waals surface area contributed by atoms with E-state index >= 15 is 0 Å². The van der Waals surface area contributed by atoms with E-state index in [1.807, 2.05) is 61.5 Å². The van der Waals surface area contributed by atoms with Gasteiger partial charge < -0.3 is 14.2 Å². The summed E-state index contributed by atoms with van der Waals surface area (Å²) in [5.74, 6) is 0.239. The van der Waals surface area contributed by atoms with Crippen molar-refractivity contribution >= 4 is 35.3 Å². The maximum absolute atomic E-state index is 13.8. The summed E-state index contributed by atoms with van der Waals surface area (Å²) in [6.07, 6.45) is 1.48. The molecule has 8 nitrogen and oxygen atoms in total. The highest BCUT2D eigenvalue weighted by molar-refractivity contribution is 6.46. The Hall–Kier alpha value is -6.15. The Morgan fingerprint density at radius 1 is 0.532 bits per heavy atom. The van der Waals surface area contributed by atoms with E-state index in [1.165, 1.54) is 6.08 Å². The number of carbonyl (C=O) groups is 3. The summed E-state index contributed by atoms with van der Waals surface area (Å²) in [6.45, 7) is 2.97. The van der Waals surface area contributed by atoms with Crippen LogP contribution in [-0.4, -0.2) is 24.5 Å². The number of carbonyl (C=O) groups excluding carboxylic acids is 3. The lowest BCUT2D eigenvalue weighted by molar-refractivity contribution is -0.121. The van der Waals surface area contributed by atoms with Crippen LogP contribution in [0.3, 0.4) is 0 Å². The number of urea groups is 1. The van der Waals surface area contributed by atoms with Gasteiger partial charge in [0.1, 0.15) is 24.5 Å². The van der Waals surface area contributed by atoms with Gasteiger partial charge in [0.15, 0.2) is 11.5 Å². The number of nitrogens with zero attached hydrogens (tertiary/aromatic N) is 2. The summed E-state index contributed by atoms with van der Waals surface area (Å²) in [5, 5.41) is 0. The SMILES string of the molecule is CCOc1cc(COc2ccccc2C=C2C(=O)N(c3ccccc3)C(=O)N(c3ccccc3)C2=O)ccc1OCc1ccccc1. The Balaban J connectivity index is 1.27. The molecule has 8 heteroatoms. The van der Waals surface area contributed by atoms with Gasteiger partial charge in [0.05, 0.1) is 18.0 Å². The third kappa shape index (κ3) is 6.92. The van der Waals surface area contributed by atoms with Gasteiger partial charge >= 0.3 is 6.03 Å². The zero-order chi connectivity index (χ0) is 32.6. The molecule has 0 atom stereocenters. The quantitative estimate of drug-likeness (QED) is 0.110. The first-order valence-corrected chi connectivity index (χ1v) is 15.2. The van der Waals surface area contributed by atoms with Crippen molar-refractivity contribution in [1.82, 2.24) is 0 Å². The van der Waals surface area contributed by atoms with Crippen molar-refractivity contribution in [3.63, 3.8) is 0 Å². The summed E-state index contributed by atoms with van der Waals surface area (Å²) in [7, 11) is 0. The molecular formula is C39H32N2O6. The first kappa shape index (κ1) is 30.9. The van der Waals surface area contributed by atoms with Gasteiger partial charge in [-0.05, 0) is 66.6 Å². The number of barbiturate groups is 1. The van der Waals surface area contributed by atoms with Gasteiger partial charge in [0, 0.05) is 5.56 Å². The maximum atomic E-state index is 13.8. The van der Waals surface area contributed by atoms with Crippen molar-refractivity contribution in [2.75, 3.05) is 16.4 Å². The zero-order valence-corrected chi connectivity index (χ0v) is 25.7. The molecule has 4 amide bonds. The molecule has 5 aromatic rings. The first-order valence-electron chi connectivity index (χ1n) is 15.2. The number of amides is 4. The van der Waals surface area contributed by atoms with Crippen LogP contribution in [-0.2, 0) is 22.8 Å². The summed E-state index contributed by atoms with van der Waals surface area (Å²) in [6, 6.07) is 39.0. The standard InChI is InChI=1S/C39H32N2O6/c1-2-45-36-24-29(22-23-35(36)47-26-28-14-6-3-7-15-28)27-46-34-21-13-12-16-30(34)25-33-37(42)40(31-17-8-4-9-18-31)39(44)41(38(33)43)32-19-10-5-11-20-32/h3-25H,2,26-27H2,1H3. The minimum Gasteiger partial charge on any atom is -0.490 e. The van der Waals surface area contributed by atoms with E-state index in [2.05, 4.69) is 0 Å². The van der Waals surface area contributed by atoms with Crippen molar-refractivity contribution in [2.45, 2.75) is 20.1 Å². The van der Waals surface area contributed by atoms with Crippen LogP contribution in [0.4, 0.5) is 16.2 Å². The molecule has 0 saturated carbocycles. The second-order valence-electron chi connectivity index (χ2n) is 10.6. The molecule has 1 aliphatic heterocycles. The van der Waals surface area contributed by atoms with Crippen LogP contribution in [0.1, 0.15) is 23.6 Å². The summed E-state index contributed by atoms with van der Waals surface area (Å²) < 4.78 is 18.1. The molecule has 1 fully saturated rings. The predicted molar refractivity (Wildman–Crippen MR) is 180 cm³/mol. The molecule has 0 spiro atoms. The third-order valence-electron chi connectivity index (χ3n) is 7.44. The predicted octanol–water partition coefficient (Wildman–Crippen LogP) is 7.83. The van der Waals surface area contributed by atoms with Gasteiger partial charge in [0.2, 0.25) is 0 Å². The first-order chi connectivity index (χ1) is 23.0. The van der Waals surface area contributed by atoms with Crippen molar-refractivity contribution in [3.05, 3.63) is 156 Å². The number of ether oxygens (including phenoxy) is 3. The van der Waals surface area contributed by atoms with Crippen LogP contribution in [0, 0.1) is 0 Å². The molecule has 5 aromatic carbocycles. The lowest BCUT2D eigenvalue weighted by atomic mass is 10.0. The normalized spacial score (nSPS) is 13.0. The maximum Gasteiger partial charge on any atom is 0.343 e. The number of hydrogen-bond donors (Lipinski definition) is 0. The lowest BCUT2D eigenvalue weighted by Gasteiger charge is -2.34. The molecule has 47 heavy (non-hydrogen) atoms. The van der Waals surface area contributed by atoms with Crippen LogP contribution in [0.25, 0.3) is 6.08 Å². The highest BCUT2D eigenvalue weighted by Crippen LogP contribution is 2.33. The molecule has 1 heterocycles. The Labute approximate surface area is 273 Å². The van der Waals surface area contributed by atoms with E-state index in [1.54, 1.807) is 78.9 Å². The average molecular weight is 625 g/mol. The van der Waals surface area contributed by atoms with E-state index < -0.39 is 17.8 Å². The van der Waals surface area contributed by atoms with Crippen molar-refractivity contribution < 1.29 is 28.6 Å². The highest BCUT2D eigenvalue weighted by atomic mass is 16.5. The smallest absolute Gasteiger partial charge is 0.343 e. The fourth-order valence-corrected chi connectivity index (χ4v) is 5.15. The van der Waals surface area contributed by atoms with E-state index in [0.29, 0.717) is 47.4 Å². The molecular weight excluding hydrogens is 592 g/mol. The third-order valence-corrected chi connectivity index (χ3v) is 7.44. The Morgan fingerprint density at radius 3 is 1.68 bits per heavy atom. The molecule has 0 aliphatic carbocycles. The topological polar surface area (TPSA) is 85.4 Å². The molecule has 1 saturated heterocycles. The average Bonchev–Trinajstić information content (AvgIpc) is 3.11. The fourth-order valence-electron chi connectivity index (χ4n) is 5.15.